The van der Waals surface area contributed by atoms with Crippen molar-refractivity contribution in [3.8, 4) is 17.5 Å². The van der Waals surface area contributed by atoms with Crippen molar-refractivity contribution in [2.75, 3.05) is 5.32 Å². The largest absolute Gasteiger partial charge is 0.483 e. The van der Waals surface area contributed by atoms with E-state index in [1.807, 2.05) is 6.07 Å². The number of halogens is 2. The van der Waals surface area contributed by atoms with E-state index in [4.69, 9.17) is 9.90 Å². The second kappa shape index (κ2) is 8.63. The average molecular weight is 426 g/mol. The molecule has 1 atom stereocenters. The monoisotopic (exact) mass is 426 g/mol. The third-order valence-electron chi connectivity index (χ3n) is 6.08. The molecule has 0 amide bonds. The van der Waals surface area contributed by atoms with Gasteiger partial charge in [0.15, 0.2) is 17.3 Å². The summed E-state index contributed by atoms with van der Waals surface area (Å²) in [6, 6.07) is 4.61. The Morgan fingerprint density at radius 3 is 2.65 bits per heavy atom. The summed E-state index contributed by atoms with van der Waals surface area (Å²) in [6.07, 6.45) is 6.89. The first kappa shape index (κ1) is 20.7. The Morgan fingerprint density at radius 2 is 2.00 bits per heavy atom. The number of anilines is 1. The number of hydrogen-bond donors (Lipinski definition) is 3. The zero-order chi connectivity index (χ0) is 22.0. The minimum atomic E-state index is -0.560. The Bertz CT molecular complexity index is 1150. The van der Waals surface area contributed by atoms with Crippen LogP contribution in [0.4, 0.5) is 14.6 Å². The molecular weight excluding hydrogens is 406 g/mol. The van der Waals surface area contributed by atoms with Gasteiger partial charge < -0.3 is 10.4 Å². The molecule has 160 valence electrons. The molecule has 10 heteroatoms. The number of nitrogens with zero attached hydrogens (tertiary/aromatic N) is 4. The molecule has 3 aliphatic rings. The van der Waals surface area contributed by atoms with E-state index in [1.54, 1.807) is 0 Å². The highest BCUT2D eigenvalue weighted by Crippen LogP contribution is 2.42. The number of hydrogen-bond acceptors (Lipinski definition) is 6. The number of carboxylic acid groups (broad SMARTS) is 1. The molecule has 3 aromatic rings. The lowest BCUT2D eigenvalue weighted by atomic mass is 9.68. The zero-order valence-electron chi connectivity index (χ0n) is 16.5. The van der Waals surface area contributed by atoms with Gasteiger partial charge in [0, 0.05) is 6.04 Å². The van der Waals surface area contributed by atoms with Crippen LogP contribution in [0.1, 0.15) is 37.7 Å². The Kier molecular flexibility index (Phi) is 5.75. The summed E-state index contributed by atoms with van der Waals surface area (Å²) < 4.78 is 28.3. The van der Waals surface area contributed by atoms with Gasteiger partial charge in [-0.15, -0.1) is 0 Å². The number of fused-ring (bicyclic) bond motifs is 4. The summed E-state index contributed by atoms with van der Waals surface area (Å²) in [4.78, 5) is 16.7. The molecular formula is C21H20F2N6O2. The Morgan fingerprint density at radius 1 is 1.26 bits per heavy atom. The molecule has 3 fully saturated rings. The van der Waals surface area contributed by atoms with Gasteiger partial charge in [-0.2, -0.15) is 10.4 Å². The maximum Gasteiger partial charge on any atom is 0.290 e. The van der Waals surface area contributed by atoms with E-state index < -0.39 is 11.6 Å². The lowest BCUT2D eigenvalue weighted by Gasteiger charge is -2.42. The van der Waals surface area contributed by atoms with Gasteiger partial charge in [-0.1, -0.05) is 12.8 Å². The number of aromatic nitrogens is 4. The van der Waals surface area contributed by atoms with Gasteiger partial charge in [0.2, 0.25) is 0 Å². The van der Waals surface area contributed by atoms with E-state index in [-0.39, 0.29) is 29.6 Å². The molecule has 6 rings (SSSR count). The second-order valence-electron chi connectivity index (χ2n) is 7.82. The molecule has 0 aromatic carbocycles. The Labute approximate surface area is 176 Å². The smallest absolute Gasteiger partial charge is 0.290 e. The number of nitriles is 1. The Balaban J connectivity index is 0.000000730. The topological polar surface area (TPSA) is 128 Å². The molecule has 3 N–H and O–H groups in total. The maximum atomic E-state index is 14.7. The van der Waals surface area contributed by atoms with E-state index in [2.05, 4.69) is 25.5 Å². The first-order chi connectivity index (χ1) is 15.0. The second-order valence-corrected chi connectivity index (χ2v) is 7.82. The number of carbonyl (C=O) groups is 1. The fraction of sp³-hybridized carbons (Fsp3) is 0.381. The Hall–Kier alpha value is -3.61. The van der Waals surface area contributed by atoms with Gasteiger partial charge in [-0.05, 0) is 43.2 Å². The fourth-order valence-corrected chi connectivity index (χ4v) is 4.65. The fourth-order valence-electron chi connectivity index (χ4n) is 4.65. The molecule has 0 saturated heterocycles. The SMILES string of the molecule is N#Cc1cc(F)c(NC2CC3CCC2CC3)nc1-c1[nH]nc2ncc(F)cc12.O=CO. The highest BCUT2D eigenvalue weighted by atomic mass is 19.1. The molecule has 3 heterocycles. The van der Waals surface area contributed by atoms with Crippen LogP contribution in [0.15, 0.2) is 18.3 Å². The first-order valence-electron chi connectivity index (χ1n) is 9.99. The van der Waals surface area contributed by atoms with Crippen LogP contribution in [0, 0.1) is 34.8 Å². The summed E-state index contributed by atoms with van der Waals surface area (Å²) in [5.74, 6) is 0.256. The van der Waals surface area contributed by atoms with Crippen molar-refractivity contribution < 1.29 is 18.7 Å². The number of rotatable bonds is 3. The van der Waals surface area contributed by atoms with Crippen molar-refractivity contribution in [1.29, 1.82) is 5.26 Å². The molecule has 2 bridgehead atoms. The van der Waals surface area contributed by atoms with Gasteiger partial charge >= 0.3 is 0 Å². The summed E-state index contributed by atoms with van der Waals surface area (Å²) in [5.41, 5.74) is 0.961. The first-order valence-corrected chi connectivity index (χ1v) is 9.99. The van der Waals surface area contributed by atoms with Crippen LogP contribution in [0.25, 0.3) is 22.4 Å². The number of aromatic amines is 1. The van der Waals surface area contributed by atoms with Gasteiger partial charge in [0.1, 0.15) is 17.6 Å². The normalized spacial score (nSPS) is 21.8. The van der Waals surface area contributed by atoms with Crippen molar-refractivity contribution in [1.82, 2.24) is 20.2 Å². The summed E-state index contributed by atoms with van der Waals surface area (Å²) in [7, 11) is 0. The predicted molar refractivity (Wildman–Crippen MR) is 108 cm³/mol. The van der Waals surface area contributed by atoms with Crippen LogP contribution in [-0.2, 0) is 4.79 Å². The molecule has 1 unspecified atom stereocenters. The van der Waals surface area contributed by atoms with Crippen LogP contribution in [0.5, 0.6) is 0 Å². The molecule has 3 aromatic heterocycles. The predicted octanol–water partition coefficient (Wildman–Crippen LogP) is 3.86. The molecule has 31 heavy (non-hydrogen) atoms. The van der Waals surface area contributed by atoms with Crippen LogP contribution in [0.3, 0.4) is 0 Å². The van der Waals surface area contributed by atoms with E-state index in [0.29, 0.717) is 28.6 Å². The number of H-pyrrole nitrogens is 1. The van der Waals surface area contributed by atoms with Crippen LogP contribution in [-0.4, -0.2) is 37.8 Å². The molecule has 0 spiro atoms. The summed E-state index contributed by atoms with van der Waals surface area (Å²) in [5, 5.41) is 26.8. The van der Waals surface area contributed by atoms with Gasteiger partial charge in [0.05, 0.1) is 22.8 Å². The van der Waals surface area contributed by atoms with E-state index in [1.165, 1.54) is 25.0 Å². The number of pyridine rings is 2. The average Bonchev–Trinajstić information content (AvgIpc) is 3.19. The highest BCUT2D eigenvalue weighted by molar-refractivity contribution is 5.91. The summed E-state index contributed by atoms with van der Waals surface area (Å²) in [6.45, 7) is -0.250. The van der Waals surface area contributed by atoms with Crippen molar-refractivity contribution in [3.05, 3.63) is 35.5 Å². The molecule has 3 saturated carbocycles. The lowest BCUT2D eigenvalue weighted by molar-refractivity contribution is -0.122. The van der Waals surface area contributed by atoms with Crippen molar-refractivity contribution in [3.63, 3.8) is 0 Å². The van der Waals surface area contributed by atoms with Crippen molar-refractivity contribution >= 4 is 23.3 Å². The maximum absolute atomic E-state index is 14.7. The molecule has 3 aliphatic carbocycles. The third kappa shape index (κ3) is 4.03. The quantitative estimate of drug-likeness (QED) is 0.543. The van der Waals surface area contributed by atoms with Crippen molar-refractivity contribution in [2.45, 2.75) is 38.1 Å². The standard InChI is InChI=1S/C20H18F2N6.CH2O2/c21-13-7-14-18(27-28-19(14)24-9-13)17-12(8-23)6-15(22)20(26-17)25-16-5-10-1-3-11(16)4-2-10;2-1-3/h6-7,9-11,16H,1-5H2,(H,25,26)(H,24,27,28);1H,(H,2,3). The third-order valence-corrected chi connectivity index (χ3v) is 6.08. The van der Waals surface area contributed by atoms with Gasteiger partial charge in [-0.3, -0.25) is 9.89 Å². The van der Waals surface area contributed by atoms with E-state index >= 15 is 0 Å². The molecule has 8 nitrogen and oxygen atoms in total. The summed E-state index contributed by atoms with van der Waals surface area (Å²) >= 11 is 0. The highest BCUT2D eigenvalue weighted by Gasteiger charge is 2.36. The lowest BCUT2D eigenvalue weighted by Crippen LogP contribution is -2.40. The van der Waals surface area contributed by atoms with E-state index in [9.17, 15) is 14.0 Å². The minimum absolute atomic E-state index is 0.0584. The van der Waals surface area contributed by atoms with E-state index in [0.717, 1.165) is 25.5 Å². The molecule has 0 radical (unpaired) electrons. The minimum Gasteiger partial charge on any atom is -0.483 e. The molecule has 0 aliphatic heterocycles. The van der Waals surface area contributed by atoms with Crippen LogP contribution in [0.2, 0.25) is 0 Å². The van der Waals surface area contributed by atoms with Crippen molar-refractivity contribution in [2.24, 2.45) is 11.8 Å². The number of nitrogens with one attached hydrogen (secondary N) is 2. The van der Waals surface area contributed by atoms with Crippen LogP contribution < -0.4 is 5.32 Å². The van der Waals surface area contributed by atoms with Gasteiger partial charge in [-0.25, -0.2) is 18.7 Å². The van der Waals surface area contributed by atoms with Gasteiger partial charge in [0.25, 0.3) is 6.47 Å². The van der Waals surface area contributed by atoms with Crippen LogP contribution >= 0.6 is 0 Å². The zero-order valence-corrected chi connectivity index (χ0v) is 16.5.